The van der Waals surface area contributed by atoms with Crippen molar-refractivity contribution in [3.63, 3.8) is 0 Å². The van der Waals surface area contributed by atoms with E-state index in [0.29, 0.717) is 12.3 Å². The van der Waals surface area contributed by atoms with Crippen LogP contribution >= 0.6 is 0 Å². The van der Waals surface area contributed by atoms with E-state index in [9.17, 15) is 13.2 Å². The van der Waals surface area contributed by atoms with Crippen molar-refractivity contribution >= 4 is 21.6 Å². The first kappa shape index (κ1) is 14.8. The number of methoxy groups -OCH3 is 1. The Morgan fingerprint density at radius 1 is 1.35 bits per heavy atom. The predicted octanol–water partition coefficient (Wildman–Crippen LogP) is 0.740. The zero-order chi connectivity index (χ0) is 14.8. The molecule has 1 heterocycles. The quantitative estimate of drug-likeness (QED) is 0.870. The van der Waals surface area contributed by atoms with Gasteiger partial charge in [-0.05, 0) is 31.2 Å². The number of nitrogens with one attached hydrogen (secondary N) is 1. The van der Waals surface area contributed by atoms with Crippen molar-refractivity contribution in [3.8, 4) is 5.75 Å². The normalized spacial score (nSPS) is 19.4. The highest BCUT2D eigenvalue weighted by molar-refractivity contribution is 7.89. The van der Waals surface area contributed by atoms with E-state index in [4.69, 9.17) is 4.74 Å². The number of carbonyl (C=O) groups excluding carboxylic acids is 1. The van der Waals surface area contributed by atoms with Crippen molar-refractivity contribution in [1.82, 2.24) is 4.72 Å². The second-order valence-electron chi connectivity index (χ2n) is 4.62. The molecule has 0 aliphatic carbocycles. The van der Waals surface area contributed by atoms with Gasteiger partial charge < -0.3 is 9.64 Å². The van der Waals surface area contributed by atoms with Crippen LogP contribution < -0.4 is 14.4 Å². The largest absolute Gasteiger partial charge is 0.497 e. The van der Waals surface area contributed by atoms with Crippen molar-refractivity contribution in [2.45, 2.75) is 19.4 Å². The molecule has 0 aromatic heterocycles. The molecule has 6 nitrogen and oxygen atoms in total. The molecule has 1 aromatic rings. The van der Waals surface area contributed by atoms with Gasteiger partial charge in [-0.3, -0.25) is 4.79 Å². The Balaban J connectivity index is 2.09. The molecule has 1 atom stereocenters. The molecule has 1 unspecified atom stereocenters. The van der Waals surface area contributed by atoms with Crippen LogP contribution in [0.1, 0.15) is 13.3 Å². The molecule has 1 saturated heterocycles. The summed E-state index contributed by atoms with van der Waals surface area (Å²) in [4.78, 5) is 13.6. The van der Waals surface area contributed by atoms with E-state index in [1.807, 2.05) is 0 Å². The van der Waals surface area contributed by atoms with Gasteiger partial charge in [-0.2, -0.15) is 0 Å². The van der Waals surface area contributed by atoms with E-state index in [1.54, 1.807) is 43.2 Å². The van der Waals surface area contributed by atoms with Gasteiger partial charge in [0, 0.05) is 24.7 Å². The summed E-state index contributed by atoms with van der Waals surface area (Å²) in [5, 5.41) is 0. The number of hydrogen-bond acceptors (Lipinski definition) is 4. The van der Waals surface area contributed by atoms with E-state index >= 15 is 0 Å². The zero-order valence-corrected chi connectivity index (χ0v) is 12.3. The number of ether oxygens (including phenoxy) is 1. The molecule has 1 amide bonds. The Hall–Kier alpha value is -1.60. The Bertz CT molecular complexity index is 583. The first-order chi connectivity index (χ1) is 9.45. The summed E-state index contributed by atoms with van der Waals surface area (Å²) in [5.74, 6) is 0.642. The molecule has 0 saturated carbocycles. The third-order valence-corrected chi connectivity index (χ3v) is 4.69. The van der Waals surface area contributed by atoms with Crippen molar-refractivity contribution < 1.29 is 17.9 Å². The number of hydrogen-bond donors (Lipinski definition) is 1. The zero-order valence-electron chi connectivity index (χ0n) is 11.5. The Morgan fingerprint density at radius 3 is 2.55 bits per heavy atom. The van der Waals surface area contributed by atoms with Gasteiger partial charge in [0.15, 0.2) is 0 Å². The Morgan fingerprint density at radius 2 is 2.00 bits per heavy atom. The average molecular weight is 298 g/mol. The van der Waals surface area contributed by atoms with E-state index in [-0.39, 0.29) is 24.1 Å². The van der Waals surface area contributed by atoms with Crippen molar-refractivity contribution in [1.29, 1.82) is 0 Å². The van der Waals surface area contributed by atoms with Crippen molar-refractivity contribution in [2.24, 2.45) is 0 Å². The molecule has 110 valence electrons. The van der Waals surface area contributed by atoms with Crippen LogP contribution in [0.5, 0.6) is 5.75 Å². The van der Waals surface area contributed by atoms with Gasteiger partial charge in [0.1, 0.15) is 5.75 Å². The molecule has 2 rings (SSSR count). The molecular formula is C13H18N2O4S. The summed E-state index contributed by atoms with van der Waals surface area (Å²) in [6.07, 6.45) is 0.186. The molecule has 1 N–H and O–H groups in total. The molecular weight excluding hydrogens is 280 g/mol. The lowest BCUT2D eigenvalue weighted by molar-refractivity contribution is -0.117. The monoisotopic (exact) mass is 298 g/mol. The van der Waals surface area contributed by atoms with Gasteiger partial charge in [0.2, 0.25) is 15.9 Å². The van der Waals surface area contributed by atoms with Gasteiger partial charge in [-0.1, -0.05) is 0 Å². The minimum Gasteiger partial charge on any atom is -0.497 e. The molecule has 1 aliphatic heterocycles. The number of anilines is 1. The fraction of sp³-hybridized carbons (Fsp3) is 0.462. The maximum Gasteiger partial charge on any atom is 0.228 e. The standard InChI is InChI=1S/C13H18N2O4S/c1-3-20(17,18)14-10-8-13(16)15(9-10)11-4-6-12(19-2)7-5-11/h4-7,10,14H,3,8-9H2,1-2H3. The van der Waals surface area contributed by atoms with E-state index in [0.717, 1.165) is 5.69 Å². The van der Waals surface area contributed by atoms with Gasteiger partial charge in [-0.25, -0.2) is 13.1 Å². The summed E-state index contributed by atoms with van der Waals surface area (Å²) >= 11 is 0. The van der Waals surface area contributed by atoms with E-state index < -0.39 is 10.0 Å². The lowest BCUT2D eigenvalue weighted by atomic mass is 10.3. The smallest absolute Gasteiger partial charge is 0.228 e. The molecule has 0 radical (unpaired) electrons. The molecule has 0 spiro atoms. The molecule has 0 bridgehead atoms. The van der Waals surface area contributed by atoms with Gasteiger partial charge in [0.25, 0.3) is 0 Å². The number of carbonyl (C=O) groups is 1. The van der Waals surface area contributed by atoms with E-state index in [1.165, 1.54) is 0 Å². The number of sulfonamides is 1. The number of benzene rings is 1. The predicted molar refractivity (Wildman–Crippen MR) is 76.3 cm³/mol. The van der Waals surface area contributed by atoms with Crippen LogP contribution in [0.3, 0.4) is 0 Å². The van der Waals surface area contributed by atoms with Gasteiger partial charge >= 0.3 is 0 Å². The minimum absolute atomic E-state index is 0.0141. The first-order valence-electron chi connectivity index (χ1n) is 6.39. The van der Waals surface area contributed by atoms with Crippen molar-refractivity contribution in [2.75, 3.05) is 24.3 Å². The lowest BCUT2D eigenvalue weighted by Gasteiger charge is -2.17. The highest BCUT2D eigenvalue weighted by Gasteiger charge is 2.32. The van der Waals surface area contributed by atoms with Crippen LogP contribution in [0.25, 0.3) is 0 Å². The van der Waals surface area contributed by atoms with Gasteiger partial charge in [-0.15, -0.1) is 0 Å². The van der Waals surface area contributed by atoms with Crippen LogP contribution in [-0.2, 0) is 14.8 Å². The highest BCUT2D eigenvalue weighted by atomic mass is 32.2. The van der Waals surface area contributed by atoms with Gasteiger partial charge in [0.05, 0.1) is 12.9 Å². The highest BCUT2D eigenvalue weighted by Crippen LogP contribution is 2.24. The summed E-state index contributed by atoms with van der Waals surface area (Å²) in [6, 6.07) is 6.74. The van der Waals surface area contributed by atoms with Crippen molar-refractivity contribution in [3.05, 3.63) is 24.3 Å². The van der Waals surface area contributed by atoms with Crippen LogP contribution in [0.4, 0.5) is 5.69 Å². The fourth-order valence-corrected chi connectivity index (χ4v) is 2.97. The summed E-state index contributed by atoms with van der Waals surface area (Å²) in [6.45, 7) is 1.92. The fourth-order valence-electron chi connectivity index (χ4n) is 2.14. The third kappa shape index (κ3) is 3.29. The first-order valence-corrected chi connectivity index (χ1v) is 8.05. The second-order valence-corrected chi connectivity index (χ2v) is 6.67. The maximum absolute atomic E-state index is 12.0. The van der Waals surface area contributed by atoms with Crippen LogP contribution in [-0.4, -0.2) is 39.8 Å². The number of rotatable bonds is 5. The summed E-state index contributed by atoms with van der Waals surface area (Å²) in [5.41, 5.74) is 0.744. The lowest BCUT2D eigenvalue weighted by Crippen LogP contribution is -2.37. The SMILES string of the molecule is CCS(=O)(=O)NC1CC(=O)N(c2ccc(OC)cc2)C1. The Labute approximate surface area is 118 Å². The Kier molecular flexibility index (Phi) is 4.29. The second kappa shape index (κ2) is 5.80. The van der Waals surface area contributed by atoms with Crippen LogP contribution in [0.2, 0.25) is 0 Å². The van der Waals surface area contributed by atoms with E-state index in [2.05, 4.69) is 4.72 Å². The molecule has 7 heteroatoms. The van der Waals surface area contributed by atoms with Crippen LogP contribution in [0.15, 0.2) is 24.3 Å². The molecule has 20 heavy (non-hydrogen) atoms. The van der Waals surface area contributed by atoms with Crippen LogP contribution in [0, 0.1) is 0 Å². The topological polar surface area (TPSA) is 75.7 Å². The molecule has 1 aliphatic rings. The third-order valence-electron chi connectivity index (χ3n) is 3.24. The summed E-state index contributed by atoms with van der Waals surface area (Å²) in [7, 11) is -1.72. The maximum atomic E-state index is 12.0. The molecule has 1 aromatic carbocycles. The number of amides is 1. The summed E-state index contributed by atoms with van der Waals surface area (Å²) < 4.78 is 30.7. The average Bonchev–Trinajstić information content (AvgIpc) is 2.79. The number of nitrogens with zero attached hydrogens (tertiary/aromatic N) is 1. The minimum atomic E-state index is -3.29. The molecule has 1 fully saturated rings.